The Bertz CT molecular complexity index is 501. The number of benzene rings is 2. The van der Waals surface area contributed by atoms with Crippen LogP contribution in [0.4, 0.5) is 0 Å². The van der Waals surface area contributed by atoms with Crippen molar-refractivity contribution in [3.8, 4) is 0 Å². The van der Waals surface area contributed by atoms with Gasteiger partial charge in [-0.1, -0.05) is 60.7 Å². The zero-order valence-electron chi connectivity index (χ0n) is 11.9. The molecule has 0 aliphatic heterocycles. The SMILES string of the molecule is COC[C@H](c1ccccc1)N(O)[C@H](C)c1ccccc1. The highest BCUT2D eigenvalue weighted by molar-refractivity contribution is 5.21. The average molecular weight is 271 g/mol. The van der Waals surface area contributed by atoms with E-state index in [2.05, 4.69) is 0 Å². The normalized spacial score (nSPS) is 14.2. The van der Waals surface area contributed by atoms with Crippen LogP contribution in [0.1, 0.15) is 30.1 Å². The molecule has 3 nitrogen and oxygen atoms in total. The first-order chi connectivity index (χ1) is 9.74. The Morgan fingerprint density at radius 2 is 1.45 bits per heavy atom. The quantitative estimate of drug-likeness (QED) is 0.811. The van der Waals surface area contributed by atoms with Crippen LogP contribution in [0.25, 0.3) is 0 Å². The minimum absolute atomic E-state index is 0.100. The van der Waals surface area contributed by atoms with E-state index in [0.29, 0.717) is 6.61 Å². The number of hydroxylamine groups is 2. The van der Waals surface area contributed by atoms with E-state index in [1.165, 1.54) is 5.06 Å². The van der Waals surface area contributed by atoms with Gasteiger partial charge in [-0.25, -0.2) is 0 Å². The van der Waals surface area contributed by atoms with Gasteiger partial charge in [0.05, 0.1) is 18.7 Å². The molecule has 0 saturated heterocycles. The van der Waals surface area contributed by atoms with Crippen LogP contribution in [0.2, 0.25) is 0 Å². The first kappa shape index (κ1) is 14.7. The number of hydrogen-bond donors (Lipinski definition) is 1. The molecular weight excluding hydrogens is 250 g/mol. The van der Waals surface area contributed by atoms with E-state index in [-0.39, 0.29) is 12.1 Å². The lowest BCUT2D eigenvalue weighted by Gasteiger charge is -2.31. The Labute approximate surface area is 120 Å². The number of methoxy groups -OCH3 is 1. The zero-order chi connectivity index (χ0) is 14.4. The van der Waals surface area contributed by atoms with Gasteiger partial charge in [-0.3, -0.25) is 0 Å². The largest absolute Gasteiger partial charge is 0.383 e. The molecule has 1 N–H and O–H groups in total. The second-order valence-electron chi connectivity index (χ2n) is 4.85. The van der Waals surface area contributed by atoms with Crippen molar-refractivity contribution in [2.75, 3.05) is 13.7 Å². The minimum Gasteiger partial charge on any atom is -0.383 e. The van der Waals surface area contributed by atoms with Crippen LogP contribution in [0.5, 0.6) is 0 Å². The van der Waals surface area contributed by atoms with Crippen LogP contribution in [0.15, 0.2) is 60.7 Å². The predicted octanol–water partition coefficient (Wildman–Crippen LogP) is 3.83. The topological polar surface area (TPSA) is 32.7 Å². The van der Waals surface area contributed by atoms with Crippen molar-refractivity contribution in [3.05, 3.63) is 71.8 Å². The van der Waals surface area contributed by atoms with Crippen molar-refractivity contribution in [1.29, 1.82) is 0 Å². The van der Waals surface area contributed by atoms with Crippen molar-refractivity contribution in [2.45, 2.75) is 19.0 Å². The highest BCUT2D eigenvalue weighted by Gasteiger charge is 2.24. The lowest BCUT2D eigenvalue weighted by atomic mass is 10.0. The maximum absolute atomic E-state index is 10.6. The van der Waals surface area contributed by atoms with Crippen LogP contribution in [0, 0.1) is 0 Å². The second-order valence-corrected chi connectivity index (χ2v) is 4.85. The maximum atomic E-state index is 10.6. The molecule has 0 aromatic heterocycles. The Hall–Kier alpha value is -1.68. The Morgan fingerprint density at radius 1 is 0.950 bits per heavy atom. The molecule has 0 aliphatic carbocycles. The standard InChI is InChI=1S/C17H21NO2/c1-14(15-9-5-3-6-10-15)18(19)17(13-20-2)16-11-7-4-8-12-16/h3-12,14,17,19H,13H2,1-2H3/t14-,17-/m1/s1. The first-order valence-corrected chi connectivity index (χ1v) is 6.80. The van der Waals surface area contributed by atoms with Gasteiger partial charge in [0.2, 0.25) is 0 Å². The highest BCUT2D eigenvalue weighted by Crippen LogP contribution is 2.28. The van der Waals surface area contributed by atoms with E-state index in [0.717, 1.165) is 11.1 Å². The van der Waals surface area contributed by atoms with Crippen molar-refractivity contribution >= 4 is 0 Å². The third kappa shape index (κ3) is 3.45. The van der Waals surface area contributed by atoms with Crippen molar-refractivity contribution in [1.82, 2.24) is 5.06 Å². The molecule has 2 rings (SSSR count). The third-order valence-electron chi connectivity index (χ3n) is 3.51. The molecule has 0 radical (unpaired) electrons. The summed E-state index contributed by atoms with van der Waals surface area (Å²) in [6.07, 6.45) is 0. The summed E-state index contributed by atoms with van der Waals surface area (Å²) < 4.78 is 5.26. The van der Waals surface area contributed by atoms with Gasteiger partial charge in [-0.15, -0.1) is 0 Å². The Morgan fingerprint density at radius 3 is 1.95 bits per heavy atom. The molecule has 20 heavy (non-hydrogen) atoms. The fraction of sp³-hybridized carbons (Fsp3) is 0.294. The number of rotatable bonds is 6. The molecule has 0 saturated carbocycles. The summed E-state index contributed by atoms with van der Waals surface area (Å²) in [5.41, 5.74) is 2.12. The van der Waals surface area contributed by atoms with Gasteiger partial charge >= 0.3 is 0 Å². The first-order valence-electron chi connectivity index (χ1n) is 6.80. The van der Waals surface area contributed by atoms with Crippen LogP contribution >= 0.6 is 0 Å². The number of ether oxygens (including phenoxy) is 1. The number of nitrogens with zero attached hydrogens (tertiary/aromatic N) is 1. The molecule has 106 valence electrons. The van der Waals surface area contributed by atoms with E-state index in [1.54, 1.807) is 7.11 Å². The molecule has 0 fully saturated rings. The van der Waals surface area contributed by atoms with Gasteiger partial charge in [0.1, 0.15) is 0 Å². The lowest BCUT2D eigenvalue weighted by molar-refractivity contribution is -0.171. The third-order valence-corrected chi connectivity index (χ3v) is 3.51. The van der Waals surface area contributed by atoms with Gasteiger partial charge in [-0.2, -0.15) is 5.06 Å². The molecule has 2 aromatic carbocycles. The van der Waals surface area contributed by atoms with Crippen LogP contribution in [-0.2, 0) is 4.74 Å². The molecule has 2 atom stereocenters. The van der Waals surface area contributed by atoms with E-state index >= 15 is 0 Å². The van der Waals surface area contributed by atoms with Crippen LogP contribution in [-0.4, -0.2) is 24.0 Å². The lowest BCUT2D eigenvalue weighted by Crippen LogP contribution is -2.31. The summed E-state index contributed by atoms with van der Waals surface area (Å²) in [4.78, 5) is 0. The Kier molecular flexibility index (Phi) is 5.30. The molecule has 0 spiro atoms. The maximum Gasteiger partial charge on any atom is 0.0839 e. The monoisotopic (exact) mass is 271 g/mol. The van der Waals surface area contributed by atoms with Gasteiger partial charge in [-0.05, 0) is 18.1 Å². The van der Waals surface area contributed by atoms with Crippen LogP contribution in [0.3, 0.4) is 0 Å². The van der Waals surface area contributed by atoms with Crippen molar-refractivity contribution in [2.24, 2.45) is 0 Å². The fourth-order valence-corrected chi connectivity index (χ4v) is 2.31. The summed E-state index contributed by atoms with van der Waals surface area (Å²) in [6.45, 7) is 2.43. The van der Waals surface area contributed by atoms with Gasteiger partial charge < -0.3 is 9.94 Å². The molecular formula is C17H21NO2. The van der Waals surface area contributed by atoms with Gasteiger partial charge in [0.25, 0.3) is 0 Å². The smallest absolute Gasteiger partial charge is 0.0839 e. The summed E-state index contributed by atoms with van der Waals surface area (Å²) in [7, 11) is 1.65. The molecule has 2 aromatic rings. The zero-order valence-corrected chi connectivity index (χ0v) is 11.9. The van der Waals surface area contributed by atoms with Crippen molar-refractivity contribution < 1.29 is 9.94 Å². The number of hydrogen-bond acceptors (Lipinski definition) is 3. The van der Waals surface area contributed by atoms with E-state index in [1.807, 2.05) is 67.6 Å². The van der Waals surface area contributed by atoms with Crippen LogP contribution < -0.4 is 0 Å². The van der Waals surface area contributed by atoms with Crippen molar-refractivity contribution in [3.63, 3.8) is 0 Å². The molecule has 0 unspecified atom stereocenters. The Balaban J connectivity index is 2.21. The van der Waals surface area contributed by atoms with Gasteiger partial charge in [0, 0.05) is 7.11 Å². The van der Waals surface area contributed by atoms with E-state index in [9.17, 15) is 5.21 Å². The summed E-state index contributed by atoms with van der Waals surface area (Å²) in [5.74, 6) is 0. The molecule has 0 bridgehead atoms. The molecule has 3 heteroatoms. The van der Waals surface area contributed by atoms with E-state index in [4.69, 9.17) is 4.74 Å². The average Bonchev–Trinajstić information content (AvgIpc) is 2.53. The molecule has 0 aliphatic rings. The summed E-state index contributed by atoms with van der Waals surface area (Å²) in [6, 6.07) is 19.6. The highest BCUT2D eigenvalue weighted by atomic mass is 16.5. The summed E-state index contributed by atoms with van der Waals surface area (Å²) >= 11 is 0. The van der Waals surface area contributed by atoms with E-state index < -0.39 is 0 Å². The molecule has 0 amide bonds. The molecule has 0 heterocycles. The fourth-order valence-electron chi connectivity index (χ4n) is 2.31. The predicted molar refractivity (Wildman–Crippen MR) is 79.5 cm³/mol. The second kappa shape index (κ2) is 7.20. The van der Waals surface area contributed by atoms with Gasteiger partial charge in [0.15, 0.2) is 0 Å². The summed E-state index contributed by atoms with van der Waals surface area (Å²) in [5, 5.41) is 11.9. The minimum atomic E-state index is -0.184.